The molecule has 0 saturated heterocycles. The monoisotopic (exact) mass is 323 g/mol. The van der Waals surface area contributed by atoms with Crippen molar-refractivity contribution in [1.82, 2.24) is 9.97 Å². The van der Waals surface area contributed by atoms with Gasteiger partial charge in [-0.3, -0.25) is 4.79 Å². The number of rotatable bonds is 3. The predicted molar refractivity (Wildman–Crippen MR) is 77.6 cm³/mol. The van der Waals surface area contributed by atoms with Crippen LogP contribution in [0.3, 0.4) is 0 Å². The highest BCUT2D eigenvalue weighted by Crippen LogP contribution is 2.33. The number of nitrogens with two attached hydrogens (primary N) is 1. The molecule has 1 aromatic heterocycles. The van der Waals surface area contributed by atoms with Gasteiger partial charge in [0, 0.05) is 5.92 Å². The Hall–Kier alpha value is -1.82. The van der Waals surface area contributed by atoms with Gasteiger partial charge in [0.2, 0.25) is 5.88 Å². The average Bonchev–Trinajstić information content (AvgIpc) is 2.33. The smallest absolute Gasteiger partial charge is 0.254 e. The zero-order chi connectivity index (χ0) is 14.0. The minimum absolute atomic E-state index is 0.104. The van der Waals surface area contributed by atoms with Gasteiger partial charge in [-0.1, -0.05) is 19.9 Å². The maximum Gasteiger partial charge on any atom is 0.254 e. The lowest BCUT2D eigenvalue weighted by Gasteiger charge is -2.11. The quantitative estimate of drug-likeness (QED) is 0.851. The number of hydrogen-bond donors (Lipinski definition) is 2. The van der Waals surface area contributed by atoms with Crippen molar-refractivity contribution in [2.75, 3.05) is 5.73 Å². The molecular weight excluding hydrogens is 310 g/mol. The van der Waals surface area contributed by atoms with E-state index in [1.807, 2.05) is 19.9 Å². The number of H-pyrrole nitrogens is 1. The molecule has 0 amide bonds. The molecule has 0 aliphatic heterocycles. The third kappa shape index (κ3) is 3.14. The van der Waals surface area contributed by atoms with Crippen LogP contribution in [0.1, 0.15) is 25.6 Å². The molecule has 1 aromatic carbocycles. The first kappa shape index (κ1) is 13.6. The van der Waals surface area contributed by atoms with Gasteiger partial charge >= 0.3 is 0 Å². The summed E-state index contributed by atoms with van der Waals surface area (Å²) >= 11 is 3.35. The highest BCUT2D eigenvalue weighted by molar-refractivity contribution is 9.10. The zero-order valence-corrected chi connectivity index (χ0v) is 12.2. The second kappa shape index (κ2) is 5.44. The molecule has 100 valence electrons. The summed E-state index contributed by atoms with van der Waals surface area (Å²) in [6.07, 6.45) is 0. The maximum absolute atomic E-state index is 11.6. The highest BCUT2D eigenvalue weighted by atomic mass is 79.9. The average molecular weight is 324 g/mol. The number of anilines is 1. The molecule has 0 spiro atoms. The lowest BCUT2D eigenvalue weighted by Crippen LogP contribution is -2.12. The van der Waals surface area contributed by atoms with Crippen molar-refractivity contribution in [3.63, 3.8) is 0 Å². The Morgan fingerprint density at radius 1 is 1.42 bits per heavy atom. The molecule has 2 aromatic rings. The number of nitrogen functional groups attached to an aromatic ring is 1. The second-order valence-corrected chi connectivity index (χ2v) is 5.24. The normalized spacial score (nSPS) is 10.7. The van der Waals surface area contributed by atoms with Crippen LogP contribution in [0.25, 0.3) is 0 Å². The van der Waals surface area contributed by atoms with Crippen LogP contribution in [0.15, 0.2) is 33.5 Å². The molecule has 2 rings (SSSR count). The van der Waals surface area contributed by atoms with Crippen LogP contribution in [0.4, 0.5) is 5.69 Å². The van der Waals surface area contributed by atoms with Gasteiger partial charge in [0.15, 0.2) is 5.75 Å². The number of benzene rings is 1. The van der Waals surface area contributed by atoms with Gasteiger partial charge in [0.25, 0.3) is 5.56 Å². The van der Waals surface area contributed by atoms with Crippen molar-refractivity contribution in [1.29, 1.82) is 0 Å². The minimum atomic E-state index is -0.251. The summed E-state index contributed by atoms with van der Waals surface area (Å²) < 4.78 is 6.32. The summed E-state index contributed by atoms with van der Waals surface area (Å²) in [4.78, 5) is 18.5. The molecule has 3 N–H and O–H groups in total. The first-order valence-electron chi connectivity index (χ1n) is 5.80. The molecule has 0 fully saturated rings. The lowest BCUT2D eigenvalue weighted by atomic mass is 10.2. The van der Waals surface area contributed by atoms with Crippen LogP contribution < -0.4 is 16.0 Å². The molecule has 0 aliphatic carbocycles. The molecule has 0 saturated carbocycles. The minimum Gasteiger partial charge on any atom is -0.435 e. The Bertz CT molecular complexity index is 632. The summed E-state index contributed by atoms with van der Waals surface area (Å²) in [5, 5.41) is 0. The van der Waals surface area contributed by atoms with E-state index in [9.17, 15) is 4.79 Å². The van der Waals surface area contributed by atoms with Gasteiger partial charge in [-0.15, -0.1) is 0 Å². The van der Waals surface area contributed by atoms with Crippen LogP contribution in [0.5, 0.6) is 11.6 Å². The van der Waals surface area contributed by atoms with E-state index in [2.05, 4.69) is 25.9 Å². The SMILES string of the molecule is CC(C)c1nc(Oc2c(N)cccc2Br)cc(=O)[nH]1. The Kier molecular flexibility index (Phi) is 3.90. The summed E-state index contributed by atoms with van der Waals surface area (Å²) in [7, 11) is 0. The van der Waals surface area contributed by atoms with Crippen LogP contribution in [-0.4, -0.2) is 9.97 Å². The third-order valence-corrected chi connectivity index (χ3v) is 3.11. The fourth-order valence-corrected chi connectivity index (χ4v) is 1.98. The number of aromatic nitrogens is 2. The first-order valence-corrected chi connectivity index (χ1v) is 6.59. The molecule has 0 radical (unpaired) electrons. The standard InChI is InChI=1S/C13H14BrN3O2/c1-7(2)13-16-10(18)6-11(17-13)19-12-8(14)4-3-5-9(12)15/h3-7H,15H2,1-2H3,(H,16,17,18). The molecule has 5 nitrogen and oxygen atoms in total. The van der Waals surface area contributed by atoms with Crippen molar-refractivity contribution in [2.24, 2.45) is 0 Å². The molecule has 0 unspecified atom stereocenters. The van der Waals surface area contributed by atoms with E-state index in [4.69, 9.17) is 10.5 Å². The van der Waals surface area contributed by atoms with E-state index in [-0.39, 0.29) is 17.4 Å². The molecule has 6 heteroatoms. The maximum atomic E-state index is 11.6. The Balaban J connectivity index is 2.41. The highest BCUT2D eigenvalue weighted by Gasteiger charge is 2.10. The summed E-state index contributed by atoms with van der Waals surface area (Å²) in [5.74, 6) is 1.36. The van der Waals surface area contributed by atoms with Crippen LogP contribution in [0, 0.1) is 0 Å². The van der Waals surface area contributed by atoms with Crippen LogP contribution >= 0.6 is 15.9 Å². The second-order valence-electron chi connectivity index (χ2n) is 4.38. The summed E-state index contributed by atoms with van der Waals surface area (Å²) in [6, 6.07) is 6.63. The molecule has 19 heavy (non-hydrogen) atoms. The fourth-order valence-electron chi connectivity index (χ4n) is 1.52. The zero-order valence-electron chi connectivity index (χ0n) is 10.6. The van der Waals surface area contributed by atoms with Crippen molar-refractivity contribution < 1.29 is 4.74 Å². The van der Waals surface area contributed by atoms with Gasteiger partial charge in [0.1, 0.15) is 5.82 Å². The largest absolute Gasteiger partial charge is 0.435 e. The van der Waals surface area contributed by atoms with Gasteiger partial charge in [-0.05, 0) is 28.1 Å². The first-order chi connectivity index (χ1) is 8.97. The Morgan fingerprint density at radius 2 is 2.16 bits per heavy atom. The number of nitrogens with zero attached hydrogens (tertiary/aromatic N) is 1. The van der Waals surface area contributed by atoms with Crippen molar-refractivity contribution in [2.45, 2.75) is 19.8 Å². The van der Waals surface area contributed by atoms with E-state index in [0.717, 1.165) is 0 Å². The number of halogens is 1. The lowest BCUT2D eigenvalue weighted by molar-refractivity contribution is 0.455. The number of ether oxygens (including phenoxy) is 1. The number of aromatic amines is 1. The Morgan fingerprint density at radius 3 is 2.79 bits per heavy atom. The van der Waals surface area contributed by atoms with Crippen molar-refractivity contribution in [3.8, 4) is 11.6 Å². The van der Waals surface area contributed by atoms with E-state index in [0.29, 0.717) is 21.7 Å². The summed E-state index contributed by atoms with van der Waals surface area (Å²) in [6.45, 7) is 3.88. The van der Waals surface area contributed by atoms with Crippen molar-refractivity contribution in [3.05, 3.63) is 44.9 Å². The number of hydrogen-bond acceptors (Lipinski definition) is 4. The number of nitrogens with one attached hydrogen (secondary N) is 1. The van der Waals surface area contributed by atoms with Gasteiger partial charge in [-0.2, -0.15) is 4.98 Å². The van der Waals surface area contributed by atoms with E-state index >= 15 is 0 Å². The van der Waals surface area contributed by atoms with Crippen LogP contribution in [-0.2, 0) is 0 Å². The third-order valence-electron chi connectivity index (χ3n) is 2.49. The summed E-state index contributed by atoms with van der Waals surface area (Å²) in [5.41, 5.74) is 6.06. The van der Waals surface area contributed by atoms with Crippen LogP contribution in [0.2, 0.25) is 0 Å². The van der Waals surface area contributed by atoms with E-state index in [1.165, 1.54) is 6.07 Å². The van der Waals surface area contributed by atoms with Crippen molar-refractivity contribution >= 4 is 21.6 Å². The van der Waals surface area contributed by atoms with Gasteiger partial charge in [0.05, 0.1) is 16.2 Å². The molecule has 0 aliphatic rings. The predicted octanol–water partition coefficient (Wildman–Crippen LogP) is 3.03. The topological polar surface area (TPSA) is 81.0 Å². The fraction of sp³-hybridized carbons (Fsp3) is 0.231. The molecular formula is C13H14BrN3O2. The number of para-hydroxylation sites is 1. The Labute approximate surface area is 119 Å². The van der Waals surface area contributed by atoms with E-state index < -0.39 is 0 Å². The van der Waals surface area contributed by atoms with E-state index in [1.54, 1.807) is 12.1 Å². The van der Waals surface area contributed by atoms with Gasteiger partial charge < -0.3 is 15.5 Å². The molecule has 1 heterocycles. The van der Waals surface area contributed by atoms with Gasteiger partial charge in [-0.25, -0.2) is 0 Å². The molecule has 0 bridgehead atoms. The molecule has 0 atom stereocenters.